The number of likely N-dealkylation sites (tertiary alicyclic amines) is 1. The Morgan fingerprint density at radius 2 is 1.55 bits per heavy atom. The van der Waals surface area contributed by atoms with Crippen molar-refractivity contribution in [3.05, 3.63) is 90.2 Å². The average molecular weight is 446 g/mol. The van der Waals surface area contributed by atoms with Crippen molar-refractivity contribution in [2.45, 2.75) is 19.4 Å². The first-order valence-electron chi connectivity index (χ1n) is 11.3. The normalized spacial score (nSPS) is 14.6. The van der Waals surface area contributed by atoms with Gasteiger partial charge in [0.25, 0.3) is 0 Å². The minimum absolute atomic E-state index is 0.0141. The second kappa shape index (κ2) is 10.9. The van der Waals surface area contributed by atoms with E-state index in [4.69, 9.17) is 0 Å². The number of hydrogen-bond acceptors (Lipinski definition) is 3. The highest BCUT2D eigenvalue weighted by Crippen LogP contribution is 2.27. The maximum absolute atomic E-state index is 13.0. The van der Waals surface area contributed by atoms with E-state index in [9.17, 15) is 14.0 Å². The van der Waals surface area contributed by atoms with E-state index < -0.39 is 0 Å². The van der Waals surface area contributed by atoms with Gasteiger partial charge in [0.05, 0.1) is 6.54 Å². The number of rotatable bonds is 7. The molecule has 0 saturated carbocycles. The number of para-hydroxylation sites is 1. The first kappa shape index (κ1) is 22.7. The lowest BCUT2D eigenvalue weighted by Gasteiger charge is -2.30. The fourth-order valence-corrected chi connectivity index (χ4v) is 4.14. The molecule has 2 amide bonds. The van der Waals surface area contributed by atoms with Crippen LogP contribution >= 0.6 is 0 Å². The number of amides is 2. The zero-order valence-electron chi connectivity index (χ0n) is 18.5. The van der Waals surface area contributed by atoms with E-state index in [1.54, 1.807) is 12.1 Å². The molecule has 0 radical (unpaired) electrons. The van der Waals surface area contributed by atoms with E-state index >= 15 is 0 Å². The predicted molar refractivity (Wildman–Crippen MR) is 128 cm³/mol. The summed E-state index contributed by atoms with van der Waals surface area (Å²) in [6, 6.07) is 23.9. The summed E-state index contributed by atoms with van der Waals surface area (Å²) in [7, 11) is 0. The van der Waals surface area contributed by atoms with Crippen LogP contribution in [0, 0.1) is 11.7 Å². The van der Waals surface area contributed by atoms with Crippen molar-refractivity contribution in [3.8, 4) is 11.1 Å². The highest BCUT2D eigenvalue weighted by atomic mass is 19.1. The molecule has 3 aromatic rings. The van der Waals surface area contributed by atoms with E-state index in [1.165, 1.54) is 12.1 Å². The Labute approximate surface area is 193 Å². The number of halogens is 1. The third kappa shape index (κ3) is 6.26. The van der Waals surface area contributed by atoms with Gasteiger partial charge in [-0.05, 0) is 55.3 Å². The van der Waals surface area contributed by atoms with Gasteiger partial charge in [0.15, 0.2) is 0 Å². The SMILES string of the molecule is O=C(CN1CCC(C(=O)NCc2ccc(F)cc2)CC1)Nc1ccccc1-c1ccccc1. The number of nitrogens with zero attached hydrogens (tertiary/aromatic N) is 1. The van der Waals surface area contributed by atoms with Gasteiger partial charge >= 0.3 is 0 Å². The van der Waals surface area contributed by atoms with Crippen molar-refractivity contribution in [3.63, 3.8) is 0 Å². The molecule has 0 aromatic heterocycles. The number of benzene rings is 3. The number of carbonyl (C=O) groups excluding carboxylic acids is 2. The minimum Gasteiger partial charge on any atom is -0.352 e. The number of nitrogens with one attached hydrogen (secondary N) is 2. The van der Waals surface area contributed by atoms with Crippen LogP contribution in [0.5, 0.6) is 0 Å². The van der Waals surface area contributed by atoms with Gasteiger partial charge in [-0.25, -0.2) is 4.39 Å². The predicted octanol–water partition coefficient (Wildman–Crippen LogP) is 4.46. The van der Waals surface area contributed by atoms with Gasteiger partial charge < -0.3 is 10.6 Å². The summed E-state index contributed by atoms with van der Waals surface area (Å²) in [5.41, 5.74) is 3.71. The lowest BCUT2D eigenvalue weighted by atomic mass is 9.96. The first-order valence-corrected chi connectivity index (χ1v) is 11.3. The van der Waals surface area contributed by atoms with Gasteiger partial charge in [-0.3, -0.25) is 14.5 Å². The van der Waals surface area contributed by atoms with E-state index in [0.717, 1.165) is 22.4 Å². The van der Waals surface area contributed by atoms with E-state index in [0.29, 0.717) is 39.0 Å². The Bertz CT molecular complexity index is 1080. The van der Waals surface area contributed by atoms with Crippen molar-refractivity contribution in [1.29, 1.82) is 0 Å². The molecule has 2 N–H and O–H groups in total. The quantitative estimate of drug-likeness (QED) is 0.565. The Hall–Kier alpha value is -3.51. The van der Waals surface area contributed by atoms with Crippen molar-refractivity contribution < 1.29 is 14.0 Å². The van der Waals surface area contributed by atoms with Gasteiger partial charge in [0.2, 0.25) is 11.8 Å². The summed E-state index contributed by atoms with van der Waals surface area (Å²) in [5, 5.41) is 5.99. The van der Waals surface area contributed by atoms with Crippen LogP contribution in [-0.4, -0.2) is 36.3 Å². The summed E-state index contributed by atoms with van der Waals surface area (Å²) < 4.78 is 13.0. The number of carbonyl (C=O) groups is 2. The molecule has 5 nitrogen and oxygen atoms in total. The summed E-state index contributed by atoms with van der Waals surface area (Å²) in [4.78, 5) is 27.3. The molecule has 3 aromatic carbocycles. The number of hydrogen-bond donors (Lipinski definition) is 2. The van der Waals surface area contributed by atoms with E-state index in [1.807, 2.05) is 54.6 Å². The standard InChI is InChI=1S/C27H28FN3O2/c28-23-12-10-20(11-13-23)18-29-27(33)22-14-16-31(17-15-22)19-26(32)30-25-9-5-4-8-24(25)21-6-2-1-3-7-21/h1-13,22H,14-19H2,(H,29,33)(H,30,32). The fraction of sp³-hybridized carbons (Fsp3) is 0.259. The number of piperidine rings is 1. The van der Waals surface area contributed by atoms with Crippen LogP contribution in [0.25, 0.3) is 11.1 Å². The summed E-state index contributed by atoms with van der Waals surface area (Å²) in [6.07, 6.45) is 1.42. The number of anilines is 1. The molecule has 1 saturated heterocycles. The Kier molecular flexibility index (Phi) is 7.47. The van der Waals surface area contributed by atoms with Gasteiger partial charge in [0.1, 0.15) is 5.82 Å². The molecule has 0 aliphatic carbocycles. The molecule has 33 heavy (non-hydrogen) atoms. The fourth-order valence-electron chi connectivity index (χ4n) is 4.14. The lowest BCUT2D eigenvalue weighted by Crippen LogP contribution is -2.43. The van der Waals surface area contributed by atoms with Crippen molar-refractivity contribution >= 4 is 17.5 Å². The minimum atomic E-state index is -0.287. The zero-order valence-corrected chi connectivity index (χ0v) is 18.5. The molecular weight excluding hydrogens is 417 g/mol. The van der Waals surface area contributed by atoms with Crippen LogP contribution in [0.15, 0.2) is 78.9 Å². The maximum Gasteiger partial charge on any atom is 0.238 e. The molecule has 1 aliphatic heterocycles. The zero-order chi connectivity index (χ0) is 23.0. The van der Waals surface area contributed by atoms with Gasteiger partial charge in [0, 0.05) is 23.7 Å². The van der Waals surface area contributed by atoms with Crippen LogP contribution in [0.2, 0.25) is 0 Å². The Balaban J connectivity index is 1.24. The molecular formula is C27H28FN3O2. The molecule has 1 heterocycles. The highest BCUT2D eigenvalue weighted by molar-refractivity contribution is 5.96. The third-order valence-corrected chi connectivity index (χ3v) is 5.99. The van der Waals surface area contributed by atoms with E-state index in [2.05, 4.69) is 15.5 Å². The average Bonchev–Trinajstić information content (AvgIpc) is 2.85. The smallest absolute Gasteiger partial charge is 0.238 e. The summed E-state index contributed by atoms with van der Waals surface area (Å²) in [6.45, 7) is 2.08. The van der Waals surface area contributed by atoms with Gasteiger partial charge in [-0.15, -0.1) is 0 Å². The molecule has 6 heteroatoms. The van der Waals surface area contributed by atoms with Crippen LogP contribution in [0.4, 0.5) is 10.1 Å². The third-order valence-electron chi connectivity index (χ3n) is 5.99. The molecule has 0 spiro atoms. The van der Waals surface area contributed by atoms with Gasteiger partial charge in [-0.2, -0.15) is 0 Å². The van der Waals surface area contributed by atoms with Gasteiger partial charge in [-0.1, -0.05) is 60.7 Å². The monoisotopic (exact) mass is 445 g/mol. The van der Waals surface area contributed by atoms with Crippen LogP contribution in [0.3, 0.4) is 0 Å². The molecule has 0 bridgehead atoms. The second-order valence-corrected chi connectivity index (χ2v) is 8.35. The summed E-state index contributed by atoms with van der Waals surface area (Å²) in [5.74, 6) is -0.397. The topological polar surface area (TPSA) is 61.4 Å². The Morgan fingerprint density at radius 3 is 2.27 bits per heavy atom. The van der Waals surface area contributed by atoms with Crippen LogP contribution in [-0.2, 0) is 16.1 Å². The summed E-state index contributed by atoms with van der Waals surface area (Å²) >= 11 is 0. The van der Waals surface area contributed by atoms with Crippen LogP contribution < -0.4 is 10.6 Å². The maximum atomic E-state index is 13.0. The lowest BCUT2D eigenvalue weighted by molar-refractivity contribution is -0.126. The molecule has 0 unspecified atom stereocenters. The second-order valence-electron chi connectivity index (χ2n) is 8.35. The van der Waals surface area contributed by atoms with Crippen molar-refractivity contribution in [2.24, 2.45) is 5.92 Å². The largest absolute Gasteiger partial charge is 0.352 e. The Morgan fingerprint density at radius 1 is 0.879 bits per heavy atom. The molecule has 1 aliphatic rings. The van der Waals surface area contributed by atoms with Crippen LogP contribution in [0.1, 0.15) is 18.4 Å². The van der Waals surface area contributed by atoms with Crippen molar-refractivity contribution in [1.82, 2.24) is 10.2 Å². The molecule has 0 atom stereocenters. The molecule has 170 valence electrons. The highest BCUT2D eigenvalue weighted by Gasteiger charge is 2.26. The van der Waals surface area contributed by atoms with Crippen molar-refractivity contribution in [2.75, 3.05) is 25.0 Å². The first-order chi connectivity index (χ1) is 16.1. The molecule has 4 rings (SSSR count). The van der Waals surface area contributed by atoms with E-state index in [-0.39, 0.29) is 23.5 Å². The molecule has 1 fully saturated rings.